The molecule has 344 valence electrons. The molecular formula is C39H50O23. The minimum Gasteiger partial charge on any atom is -0.504 e. The molecule has 0 saturated carbocycles. The first-order valence-electron chi connectivity index (χ1n) is 18.8. The number of aliphatic hydroxyl groups excluding tert-OH is 9. The van der Waals surface area contributed by atoms with E-state index < -0.39 is 124 Å². The third-order valence-corrected chi connectivity index (χ3v) is 10.1. The maximum atomic E-state index is 13.1. The van der Waals surface area contributed by atoms with Gasteiger partial charge in [0.15, 0.2) is 41.7 Å². The molecule has 3 heterocycles. The lowest BCUT2D eigenvalue weighted by Crippen LogP contribution is -2.66. The molecule has 0 amide bonds. The highest BCUT2D eigenvalue weighted by Crippen LogP contribution is 2.40. The van der Waals surface area contributed by atoms with Gasteiger partial charge in [0, 0.05) is 12.2 Å². The number of carbonyl (C=O) groups is 2. The summed E-state index contributed by atoms with van der Waals surface area (Å²) in [6.07, 6.45) is -20.3. The Labute approximate surface area is 352 Å². The van der Waals surface area contributed by atoms with E-state index in [9.17, 15) is 65.8 Å². The van der Waals surface area contributed by atoms with Crippen molar-refractivity contribution in [1.29, 1.82) is 0 Å². The van der Waals surface area contributed by atoms with Gasteiger partial charge in [-0.1, -0.05) is 6.07 Å². The van der Waals surface area contributed by atoms with Crippen LogP contribution in [-0.4, -0.2) is 201 Å². The molecule has 0 spiro atoms. The first-order chi connectivity index (χ1) is 29.5. The molecule has 0 bridgehead atoms. The van der Waals surface area contributed by atoms with E-state index in [0.29, 0.717) is 11.1 Å². The summed E-state index contributed by atoms with van der Waals surface area (Å²) >= 11 is 0. The highest BCUT2D eigenvalue weighted by Gasteiger charge is 2.61. The van der Waals surface area contributed by atoms with E-state index in [0.717, 1.165) is 12.2 Å². The van der Waals surface area contributed by atoms with E-state index >= 15 is 0 Å². The number of carbonyl (C=O) groups excluding carboxylic acids is 2. The van der Waals surface area contributed by atoms with Crippen LogP contribution in [0.25, 0.3) is 12.2 Å². The first-order valence-corrected chi connectivity index (χ1v) is 18.8. The summed E-state index contributed by atoms with van der Waals surface area (Å²) in [5, 5.41) is 116. The van der Waals surface area contributed by atoms with Crippen molar-refractivity contribution in [3.05, 3.63) is 53.6 Å². The predicted octanol–water partition coefficient (Wildman–Crippen LogP) is -3.61. The van der Waals surface area contributed by atoms with Gasteiger partial charge < -0.3 is 104 Å². The molecule has 5 rings (SSSR count). The molecule has 11 N–H and O–H groups in total. The number of aliphatic hydroxyl groups is 9. The van der Waals surface area contributed by atoms with Gasteiger partial charge in [-0.3, -0.25) is 0 Å². The Balaban J connectivity index is 1.41. The van der Waals surface area contributed by atoms with Crippen LogP contribution >= 0.6 is 0 Å². The molecule has 3 saturated heterocycles. The van der Waals surface area contributed by atoms with Gasteiger partial charge in [-0.05, 0) is 47.5 Å². The topological polar surface area (TPSA) is 349 Å². The van der Waals surface area contributed by atoms with Crippen molar-refractivity contribution in [3.8, 4) is 28.7 Å². The molecule has 0 radical (unpaired) electrons. The Morgan fingerprint density at radius 3 is 1.89 bits per heavy atom. The Bertz CT molecular complexity index is 1860. The second-order valence-corrected chi connectivity index (χ2v) is 14.1. The maximum Gasteiger partial charge on any atom is 0.331 e. The summed E-state index contributed by atoms with van der Waals surface area (Å²) in [6, 6.07) is 6.89. The predicted molar refractivity (Wildman–Crippen MR) is 203 cm³/mol. The molecule has 3 aliphatic rings. The van der Waals surface area contributed by atoms with Gasteiger partial charge in [0.2, 0.25) is 11.5 Å². The van der Waals surface area contributed by atoms with E-state index in [4.69, 9.17) is 47.4 Å². The lowest BCUT2D eigenvalue weighted by Gasteiger charge is -2.47. The summed E-state index contributed by atoms with van der Waals surface area (Å²) in [7, 11) is 3.91. The number of esters is 2. The summed E-state index contributed by atoms with van der Waals surface area (Å²) in [6.45, 7) is -3.85. The lowest BCUT2D eigenvalue weighted by molar-refractivity contribution is -0.399. The number of methoxy groups -OCH3 is 3. The van der Waals surface area contributed by atoms with Gasteiger partial charge in [0.05, 0.1) is 34.5 Å². The fourth-order valence-corrected chi connectivity index (χ4v) is 6.75. The van der Waals surface area contributed by atoms with Crippen LogP contribution in [0.2, 0.25) is 0 Å². The SMILES string of the molecule is COc1cc(/C=C/C(=O)O[C@H]2[C@H](O)[C@@H](CO)O[C@@]2(CO)O[C@H]2O[C@H](COC(=O)/C=C/c3cc(OC)c(O)c(OC)c3)[C@@H](O)[C@H](O[C@@H]3O[C@H](CO)[C@@H](O)[C@H](O)[C@H]3O)[C@H]2O)ccc1O. The van der Waals surface area contributed by atoms with Crippen LogP contribution in [0, 0.1) is 0 Å². The Morgan fingerprint density at radius 2 is 1.27 bits per heavy atom. The number of ether oxygens (including phenoxy) is 10. The molecule has 0 aromatic heterocycles. The summed E-state index contributed by atoms with van der Waals surface area (Å²) in [4.78, 5) is 26.0. The average molecular weight is 887 g/mol. The Morgan fingerprint density at radius 1 is 0.677 bits per heavy atom. The van der Waals surface area contributed by atoms with E-state index in [1.54, 1.807) is 0 Å². The van der Waals surface area contributed by atoms with Crippen molar-refractivity contribution in [3.63, 3.8) is 0 Å². The fourth-order valence-electron chi connectivity index (χ4n) is 6.75. The van der Waals surface area contributed by atoms with E-state index in [-0.39, 0.29) is 28.7 Å². The molecule has 3 fully saturated rings. The third kappa shape index (κ3) is 10.6. The fraction of sp³-hybridized carbons (Fsp3) is 0.538. The third-order valence-electron chi connectivity index (χ3n) is 10.1. The molecule has 2 aromatic rings. The molecule has 0 aliphatic carbocycles. The molecule has 23 heteroatoms. The van der Waals surface area contributed by atoms with Crippen LogP contribution < -0.4 is 14.2 Å². The average Bonchev–Trinajstić information content (AvgIpc) is 3.53. The zero-order valence-electron chi connectivity index (χ0n) is 33.3. The minimum absolute atomic E-state index is 0.0273. The second kappa shape index (κ2) is 21.1. The van der Waals surface area contributed by atoms with Gasteiger partial charge in [-0.15, -0.1) is 0 Å². The molecule has 0 unspecified atom stereocenters. The standard InChI is InChI=1S/C39H50O23/c1-53-20-10-17(4-7-19(20)43)5-9-27(45)59-36-31(49)24(14-41)61-39(36,16-42)62-38-34(52)35(60-37-33(51)32(50)29(47)23(13-40)57-37)30(48)25(58-38)15-56-26(44)8-6-18-11-21(54-2)28(46)22(12-18)55-3/h4-12,23-25,29-38,40-43,46-52H,13-16H2,1-3H3/b8-6+,9-5+/t23-,24-,25-,29-,30-,31-,32+,33-,34-,35+,36+,37+,38-,39+/m1/s1. The number of hydrogen-bond acceptors (Lipinski definition) is 23. The van der Waals surface area contributed by atoms with E-state index in [1.807, 2.05) is 0 Å². The summed E-state index contributed by atoms with van der Waals surface area (Å²) in [5.41, 5.74) is 0.691. The highest BCUT2D eigenvalue weighted by molar-refractivity contribution is 5.88. The van der Waals surface area contributed by atoms with E-state index in [1.165, 1.54) is 63.8 Å². The minimum atomic E-state index is -2.64. The summed E-state index contributed by atoms with van der Waals surface area (Å²) in [5.74, 6) is -5.13. The zero-order chi connectivity index (χ0) is 45.5. The van der Waals surface area contributed by atoms with E-state index in [2.05, 4.69) is 0 Å². The van der Waals surface area contributed by atoms with Crippen LogP contribution in [0.1, 0.15) is 11.1 Å². The van der Waals surface area contributed by atoms with Crippen LogP contribution in [0.5, 0.6) is 28.7 Å². The normalized spacial score (nSPS) is 33.7. The lowest BCUT2D eigenvalue weighted by atomic mass is 9.96. The van der Waals surface area contributed by atoms with Crippen molar-refractivity contribution in [2.24, 2.45) is 0 Å². The van der Waals surface area contributed by atoms with Crippen LogP contribution in [0.3, 0.4) is 0 Å². The largest absolute Gasteiger partial charge is 0.504 e. The Hall–Kier alpha value is -4.70. The Kier molecular flexibility index (Phi) is 16.5. The van der Waals surface area contributed by atoms with Crippen molar-refractivity contribution >= 4 is 24.1 Å². The zero-order valence-corrected chi connectivity index (χ0v) is 33.3. The maximum absolute atomic E-state index is 13.1. The van der Waals surface area contributed by atoms with Gasteiger partial charge in [-0.25, -0.2) is 9.59 Å². The smallest absolute Gasteiger partial charge is 0.331 e. The second-order valence-electron chi connectivity index (χ2n) is 14.1. The summed E-state index contributed by atoms with van der Waals surface area (Å²) < 4.78 is 54.5. The molecule has 3 aliphatic heterocycles. The number of hydrogen-bond donors (Lipinski definition) is 11. The number of phenols is 2. The quantitative estimate of drug-likeness (QED) is 0.0540. The highest BCUT2D eigenvalue weighted by atomic mass is 16.8. The van der Waals surface area contributed by atoms with Crippen LogP contribution in [0.15, 0.2) is 42.5 Å². The number of benzene rings is 2. The molecule has 62 heavy (non-hydrogen) atoms. The number of phenolic OH excluding ortho intramolecular Hbond substituents is 2. The van der Waals surface area contributed by atoms with Crippen LogP contribution in [0.4, 0.5) is 0 Å². The molecule has 2 aromatic carbocycles. The van der Waals surface area contributed by atoms with Gasteiger partial charge in [-0.2, -0.15) is 0 Å². The van der Waals surface area contributed by atoms with Crippen molar-refractivity contribution in [1.82, 2.24) is 0 Å². The van der Waals surface area contributed by atoms with Crippen molar-refractivity contribution in [2.45, 2.75) is 85.5 Å². The van der Waals surface area contributed by atoms with Crippen molar-refractivity contribution < 1.29 is 113 Å². The van der Waals surface area contributed by atoms with Crippen LogP contribution in [-0.2, 0) is 42.7 Å². The number of aromatic hydroxyl groups is 2. The van der Waals surface area contributed by atoms with Gasteiger partial charge in [0.25, 0.3) is 0 Å². The first kappa shape index (κ1) is 48.3. The molecule has 14 atom stereocenters. The van der Waals surface area contributed by atoms with Gasteiger partial charge in [0.1, 0.15) is 74.3 Å². The monoisotopic (exact) mass is 886 g/mol. The molecular weight excluding hydrogens is 836 g/mol. The molecule has 23 nitrogen and oxygen atoms in total. The van der Waals surface area contributed by atoms with Crippen molar-refractivity contribution in [2.75, 3.05) is 47.8 Å². The number of rotatable bonds is 17. The van der Waals surface area contributed by atoms with Gasteiger partial charge >= 0.3 is 11.9 Å².